The van der Waals surface area contributed by atoms with Crippen molar-refractivity contribution in [1.29, 1.82) is 0 Å². The quantitative estimate of drug-likeness (QED) is 0.174. The number of oxazole rings is 1. The Balaban J connectivity index is 1.10. The van der Waals surface area contributed by atoms with Gasteiger partial charge in [0, 0.05) is 38.4 Å². The number of benzene rings is 8. The van der Waals surface area contributed by atoms with Crippen molar-refractivity contribution in [2.75, 3.05) is 0 Å². The van der Waals surface area contributed by atoms with Crippen LogP contribution in [-0.4, -0.2) is 19.9 Å². The highest BCUT2D eigenvalue weighted by atomic mass is 16.4. The van der Waals surface area contributed by atoms with Crippen LogP contribution in [0.5, 0.6) is 0 Å². The summed E-state index contributed by atoms with van der Waals surface area (Å²) in [6, 6.07) is 57.1. The van der Waals surface area contributed by atoms with Crippen LogP contribution in [0.3, 0.4) is 0 Å². The average molecular weight is 733 g/mol. The molecule has 0 bridgehead atoms. The van der Waals surface area contributed by atoms with Crippen molar-refractivity contribution in [2.24, 2.45) is 0 Å². The number of rotatable bonds is 5. The summed E-state index contributed by atoms with van der Waals surface area (Å²) < 4.78 is 19.1. The minimum Gasteiger partial charge on any atom is -0.456 e. The Labute approximate surface area is 324 Å². The first-order chi connectivity index (χ1) is 28.2. The predicted octanol–water partition coefficient (Wildman–Crippen LogP) is 13.3. The highest BCUT2D eigenvalue weighted by molar-refractivity contribution is 6.27. The molecule has 0 saturated carbocycles. The van der Waals surface area contributed by atoms with Crippen molar-refractivity contribution in [2.45, 2.75) is 0 Å². The van der Waals surface area contributed by atoms with Gasteiger partial charge in [0.2, 0.25) is 5.89 Å². The van der Waals surface area contributed by atoms with Crippen LogP contribution < -0.4 is 0 Å². The van der Waals surface area contributed by atoms with Gasteiger partial charge < -0.3 is 13.3 Å². The minimum atomic E-state index is 0.536. The highest BCUT2D eigenvalue weighted by Crippen LogP contribution is 2.43. The summed E-state index contributed by atoms with van der Waals surface area (Å²) in [6.07, 6.45) is 0. The van der Waals surface area contributed by atoms with Gasteiger partial charge in [-0.1, -0.05) is 109 Å². The van der Waals surface area contributed by atoms with Gasteiger partial charge in [-0.25, -0.2) is 19.9 Å². The molecular formula is C50H28N4O3. The topological polar surface area (TPSA) is 91.0 Å². The molecule has 12 aromatic rings. The number of para-hydroxylation sites is 1. The molecule has 0 fully saturated rings. The second kappa shape index (κ2) is 12.3. The molecule has 8 aromatic carbocycles. The lowest BCUT2D eigenvalue weighted by molar-refractivity contribution is 0.619. The summed E-state index contributed by atoms with van der Waals surface area (Å²) in [4.78, 5) is 20.6. The molecule has 0 N–H and O–H groups in total. The lowest BCUT2D eigenvalue weighted by Crippen LogP contribution is -2.01. The zero-order chi connectivity index (χ0) is 37.5. The summed E-state index contributed by atoms with van der Waals surface area (Å²) in [5, 5.41) is 5.89. The van der Waals surface area contributed by atoms with Crippen LogP contribution in [-0.2, 0) is 0 Å². The van der Waals surface area contributed by atoms with Crippen LogP contribution >= 0.6 is 0 Å². The molecule has 0 unspecified atom stereocenters. The van der Waals surface area contributed by atoms with Crippen LogP contribution in [0.15, 0.2) is 183 Å². The standard InChI is InChI=1S/C50H28N4O3/c1-3-12-29(13-4-1)31-16-11-17-32(26-31)47-52-48(33-22-23-40-37(27-33)35-19-9-10-21-39(35)55-40)54-49(53-47)38-28-43-44(36-20-8-7-18-34(36)38)45-41(56-43)24-25-42-46(45)51-50(57-42)30-14-5-2-6-15-30/h1-28H. The third kappa shape index (κ3) is 5.06. The van der Waals surface area contributed by atoms with E-state index in [0.717, 1.165) is 88.0 Å². The van der Waals surface area contributed by atoms with E-state index >= 15 is 0 Å². The maximum Gasteiger partial charge on any atom is 0.227 e. The van der Waals surface area contributed by atoms with E-state index in [1.54, 1.807) is 0 Å². The third-order valence-corrected chi connectivity index (χ3v) is 10.8. The first kappa shape index (κ1) is 31.5. The smallest absolute Gasteiger partial charge is 0.227 e. The Kier molecular flexibility index (Phi) is 6.79. The zero-order valence-electron chi connectivity index (χ0n) is 30.2. The number of hydrogen-bond acceptors (Lipinski definition) is 7. The molecule has 4 heterocycles. The number of aromatic nitrogens is 4. The first-order valence-corrected chi connectivity index (χ1v) is 18.8. The van der Waals surface area contributed by atoms with E-state index in [1.807, 2.05) is 109 Å². The molecule has 57 heavy (non-hydrogen) atoms. The van der Waals surface area contributed by atoms with Gasteiger partial charge in [0.05, 0.1) is 5.39 Å². The molecular weight excluding hydrogens is 705 g/mol. The SMILES string of the molecule is c1ccc(-c2cccc(-c3nc(-c4ccc5oc6ccccc6c5c4)nc(-c4cc5oc6ccc7oc(-c8ccccc8)nc7c6c5c5ccccc45)n3)c2)cc1. The molecule has 0 aliphatic rings. The van der Waals surface area contributed by atoms with E-state index in [0.29, 0.717) is 34.5 Å². The van der Waals surface area contributed by atoms with E-state index in [-0.39, 0.29) is 0 Å². The van der Waals surface area contributed by atoms with Gasteiger partial charge >= 0.3 is 0 Å². The normalized spacial score (nSPS) is 11.9. The van der Waals surface area contributed by atoms with E-state index in [2.05, 4.69) is 60.7 Å². The largest absolute Gasteiger partial charge is 0.456 e. The number of furan rings is 2. The van der Waals surface area contributed by atoms with Gasteiger partial charge in [-0.05, 0) is 82.6 Å². The molecule has 12 rings (SSSR count). The van der Waals surface area contributed by atoms with Crippen molar-refractivity contribution < 1.29 is 13.3 Å². The van der Waals surface area contributed by atoms with Crippen LogP contribution in [0, 0.1) is 0 Å². The summed E-state index contributed by atoms with van der Waals surface area (Å²) >= 11 is 0. The maximum absolute atomic E-state index is 6.66. The maximum atomic E-state index is 6.66. The molecule has 7 heteroatoms. The minimum absolute atomic E-state index is 0.536. The van der Waals surface area contributed by atoms with Crippen LogP contribution in [0.2, 0.25) is 0 Å². The predicted molar refractivity (Wildman–Crippen MR) is 227 cm³/mol. The van der Waals surface area contributed by atoms with Crippen molar-refractivity contribution in [3.63, 3.8) is 0 Å². The summed E-state index contributed by atoms with van der Waals surface area (Å²) in [5.74, 6) is 2.22. The fraction of sp³-hybridized carbons (Fsp3) is 0. The first-order valence-electron chi connectivity index (χ1n) is 18.8. The van der Waals surface area contributed by atoms with Crippen molar-refractivity contribution in [1.82, 2.24) is 19.9 Å². The second-order valence-corrected chi connectivity index (χ2v) is 14.2. The van der Waals surface area contributed by atoms with E-state index in [9.17, 15) is 0 Å². The van der Waals surface area contributed by atoms with E-state index in [4.69, 9.17) is 33.2 Å². The third-order valence-electron chi connectivity index (χ3n) is 10.8. The fourth-order valence-electron chi connectivity index (χ4n) is 8.09. The average Bonchev–Trinajstić information content (AvgIpc) is 4.00. The van der Waals surface area contributed by atoms with Gasteiger partial charge in [-0.3, -0.25) is 0 Å². The van der Waals surface area contributed by atoms with E-state index in [1.165, 1.54) is 0 Å². The lowest BCUT2D eigenvalue weighted by atomic mass is 9.98. The molecule has 4 aromatic heterocycles. The second-order valence-electron chi connectivity index (χ2n) is 14.2. The Hall–Kier alpha value is -7.90. The summed E-state index contributed by atoms with van der Waals surface area (Å²) in [6.45, 7) is 0. The fourth-order valence-corrected chi connectivity index (χ4v) is 8.09. The zero-order valence-corrected chi connectivity index (χ0v) is 30.2. The van der Waals surface area contributed by atoms with Gasteiger partial charge in [0.25, 0.3) is 0 Å². The van der Waals surface area contributed by atoms with Gasteiger partial charge in [-0.15, -0.1) is 0 Å². The van der Waals surface area contributed by atoms with Gasteiger partial charge in [0.1, 0.15) is 27.8 Å². The van der Waals surface area contributed by atoms with Crippen LogP contribution in [0.1, 0.15) is 0 Å². The van der Waals surface area contributed by atoms with Gasteiger partial charge in [-0.2, -0.15) is 0 Å². The Morgan fingerprint density at radius 2 is 0.895 bits per heavy atom. The van der Waals surface area contributed by atoms with Crippen molar-refractivity contribution in [3.05, 3.63) is 170 Å². The number of hydrogen-bond donors (Lipinski definition) is 0. The Morgan fingerprint density at radius 3 is 1.72 bits per heavy atom. The molecule has 0 atom stereocenters. The van der Waals surface area contributed by atoms with Crippen molar-refractivity contribution >= 4 is 65.7 Å². The monoisotopic (exact) mass is 732 g/mol. The van der Waals surface area contributed by atoms with Gasteiger partial charge in [0.15, 0.2) is 23.1 Å². The number of fused-ring (bicyclic) bond motifs is 10. The van der Waals surface area contributed by atoms with E-state index < -0.39 is 0 Å². The molecule has 266 valence electrons. The number of nitrogens with zero attached hydrogens (tertiary/aromatic N) is 4. The molecule has 0 radical (unpaired) electrons. The molecule has 7 nitrogen and oxygen atoms in total. The molecule has 0 saturated heterocycles. The molecule has 0 amide bonds. The van der Waals surface area contributed by atoms with Crippen LogP contribution in [0.25, 0.3) is 122 Å². The molecule has 0 spiro atoms. The lowest BCUT2D eigenvalue weighted by Gasteiger charge is -2.12. The van der Waals surface area contributed by atoms with Crippen molar-refractivity contribution in [3.8, 4) is 56.7 Å². The Morgan fingerprint density at radius 1 is 0.298 bits per heavy atom. The summed E-state index contributed by atoms with van der Waals surface area (Å²) in [7, 11) is 0. The summed E-state index contributed by atoms with van der Waals surface area (Å²) in [5.41, 5.74) is 10.2. The molecule has 0 aliphatic heterocycles. The highest BCUT2D eigenvalue weighted by Gasteiger charge is 2.22. The van der Waals surface area contributed by atoms with Crippen LogP contribution in [0.4, 0.5) is 0 Å². The Bertz CT molecular complexity index is 3530. The molecule has 0 aliphatic carbocycles.